The summed E-state index contributed by atoms with van der Waals surface area (Å²) in [6, 6.07) is 0. The third-order valence-corrected chi connectivity index (χ3v) is 1.96. The van der Waals surface area contributed by atoms with E-state index in [0.717, 1.165) is 0 Å². The van der Waals surface area contributed by atoms with Crippen molar-refractivity contribution in [1.82, 2.24) is 9.97 Å². The van der Waals surface area contributed by atoms with Crippen LogP contribution in [0.5, 0.6) is 0 Å². The highest BCUT2D eigenvalue weighted by Crippen LogP contribution is 2.24. The van der Waals surface area contributed by atoms with E-state index in [4.69, 9.17) is 16.7 Å². The molecule has 0 atom stereocenters. The second-order valence-electron chi connectivity index (χ2n) is 2.64. The Labute approximate surface area is 87.5 Å². The minimum Gasteiger partial charge on any atom is -0.396 e. The zero-order chi connectivity index (χ0) is 10.4. The van der Waals surface area contributed by atoms with Crippen LogP contribution in [0, 0.1) is 0 Å². The van der Waals surface area contributed by atoms with Gasteiger partial charge >= 0.3 is 0 Å². The van der Waals surface area contributed by atoms with Gasteiger partial charge in [0.15, 0.2) is 11.0 Å². The lowest BCUT2D eigenvalue weighted by Gasteiger charge is -2.10. The third kappa shape index (κ3) is 2.71. The van der Waals surface area contributed by atoms with Crippen LogP contribution < -0.4 is 10.6 Å². The van der Waals surface area contributed by atoms with Gasteiger partial charge in [0.05, 0.1) is 0 Å². The van der Waals surface area contributed by atoms with E-state index in [1.165, 1.54) is 6.33 Å². The van der Waals surface area contributed by atoms with Crippen molar-refractivity contribution < 1.29 is 5.11 Å². The monoisotopic (exact) mass is 216 g/mol. The van der Waals surface area contributed by atoms with Crippen LogP contribution >= 0.6 is 11.6 Å². The number of hydrogen-bond donors (Lipinski definition) is 3. The lowest BCUT2D eigenvalue weighted by molar-refractivity contribution is 0.292. The Balaban J connectivity index is 2.70. The predicted octanol–water partition coefficient (Wildman–Crippen LogP) is 0.966. The second-order valence-corrected chi connectivity index (χ2v) is 3.00. The van der Waals surface area contributed by atoms with E-state index in [1.807, 2.05) is 0 Å². The first kappa shape index (κ1) is 11.0. The highest BCUT2D eigenvalue weighted by molar-refractivity contribution is 6.32. The minimum atomic E-state index is 0.153. The molecular formula is C8H13ClN4O. The molecule has 0 aliphatic carbocycles. The van der Waals surface area contributed by atoms with Crippen LogP contribution in [0.2, 0.25) is 5.15 Å². The maximum absolute atomic E-state index is 8.61. The number of anilines is 2. The first-order valence-electron chi connectivity index (χ1n) is 4.32. The van der Waals surface area contributed by atoms with Crippen molar-refractivity contribution in [2.24, 2.45) is 0 Å². The van der Waals surface area contributed by atoms with Gasteiger partial charge in [-0.3, -0.25) is 0 Å². The Bertz CT molecular complexity index is 295. The molecule has 6 heteroatoms. The van der Waals surface area contributed by atoms with Gasteiger partial charge in [0.25, 0.3) is 0 Å². The summed E-state index contributed by atoms with van der Waals surface area (Å²) in [5, 5.41) is 15.0. The molecule has 1 aromatic heterocycles. The maximum atomic E-state index is 8.61. The summed E-state index contributed by atoms with van der Waals surface area (Å²) in [5.41, 5.74) is 0.673. The summed E-state index contributed by atoms with van der Waals surface area (Å²) in [4.78, 5) is 7.87. The number of nitrogens with zero attached hydrogens (tertiary/aromatic N) is 2. The molecule has 0 unspecified atom stereocenters. The van der Waals surface area contributed by atoms with E-state index >= 15 is 0 Å². The third-order valence-electron chi connectivity index (χ3n) is 1.68. The molecular weight excluding hydrogens is 204 g/mol. The van der Waals surface area contributed by atoms with Crippen molar-refractivity contribution in [3.8, 4) is 0 Å². The van der Waals surface area contributed by atoms with Crippen molar-refractivity contribution in [2.75, 3.05) is 30.8 Å². The molecule has 0 aliphatic heterocycles. The molecule has 1 aromatic rings. The highest BCUT2D eigenvalue weighted by Gasteiger charge is 2.06. The van der Waals surface area contributed by atoms with Crippen LogP contribution in [0.1, 0.15) is 6.42 Å². The van der Waals surface area contributed by atoms with Crippen molar-refractivity contribution in [3.05, 3.63) is 11.5 Å². The number of aliphatic hydroxyl groups is 1. The number of hydrogen-bond acceptors (Lipinski definition) is 5. The lowest BCUT2D eigenvalue weighted by Crippen LogP contribution is -2.08. The summed E-state index contributed by atoms with van der Waals surface area (Å²) < 4.78 is 0. The quantitative estimate of drug-likeness (QED) is 0.505. The largest absolute Gasteiger partial charge is 0.396 e. The average Bonchev–Trinajstić information content (AvgIpc) is 2.18. The first-order chi connectivity index (χ1) is 6.79. The van der Waals surface area contributed by atoms with Crippen molar-refractivity contribution in [2.45, 2.75) is 6.42 Å². The Hall–Kier alpha value is -1.07. The fourth-order valence-electron chi connectivity index (χ4n) is 1.01. The standard InChI is InChI=1S/C8H13ClN4O/c1-10-6-7(9)12-5-13-8(6)11-3-2-4-14/h5,10,14H,2-4H2,1H3,(H,11,12,13). The first-order valence-corrected chi connectivity index (χ1v) is 4.70. The van der Waals surface area contributed by atoms with E-state index in [1.54, 1.807) is 7.05 Å². The number of aromatic nitrogens is 2. The lowest BCUT2D eigenvalue weighted by atomic mass is 10.4. The number of halogens is 1. The van der Waals surface area contributed by atoms with Gasteiger partial charge in [0, 0.05) is 20.2 Å². The Kier molecular flexibility index (Phi) is 4.42. The molecule has 0 bridgehead atoms. The minimum absolute atomic E-state index is 0.153. The molecule has 0 aromatic carbocycles. The molecule has 0 fully saturated rings. The Morgan fingerprint density at radius 2 is 2.29 bits per heavy atom. The fraction of sp³-hybridized carbons (Fsp3) is 0.500. The van der Waals surface area contributed by atoms with Gasteiger partial charge in [-0.2, -0.15) is 0 Å². The van der Waals surface area contributed by atoms with Crippen LogP contribution in [0.25, 0.3) is 0 Å². The normalized spacial score (nSPS) is 9.93. The molecule has 0 amide bonds. The molecule has 0 spiro atoms. The average molecular weight is 217 g/mol. The van der Waals surface area contributed by atoms with E-state index in [-0.39, 0.29) is 6.61 Å². The molecule has 14 heavy (non-hydrogen) atoms. The SMILES string of the molecule is CNc1c(Cl)ncnc1NCCCO. The zero-order valence-corrected chi connectivity index (χ0v) is 8.67. The van der Waals surface area contributed by atoms with Crippen molar-refractivity contribution >= 4 is 23.1 Å². The topological polar surface area (TPSA) is 70.1 Å². The van der Waals surface area contributed by atoms with Gasteiger partial charge < -0.3 is 15.7 Å². The van der Waals surface area contributed by atoms with E-state index < -0.39 is 0 Å². The molecule has 1 heterocycles. The molecule has 3 N–H and O–H groups in total. The van der Waals surface area contributed by atoms with Gasteiger partial charge in [-0.25, -0.2) is 9.97 Å². The summed E-state index contributed by atoms with van der Waals surface area (Å²) in [7, 11) is 1.75. The highest BCUT2D eigenvalue weighted by atomic mass is 35.5. The van der Waals surface area contributed by atoms with Crippen LogP contribution in [0.4, 0.5) is 11.5 Å². The molecule has 0 saturated carbocycles. The summed E-state index contributed by atoms with van der Waals surface area (Å²) >= 11 is 5.84. The Morgan fingerprint density at radius 1 is 1.50 bits per heavy atom. The van der Waals surface area contributed by atoms with Crippen LogP contribution in [-0.2, 0) is 0 Å². The van der Waals surface area contributed by atoms with Gasteiger partial charge in [-0.1, -0.05) is 11.6 Å². The van der Waals surface area contributed by atoms with Crippen molar-refractivity contribution in [1.29, 1.82) is 0 Å². The van der Waals surface area contributed by atoms with Gasteiger partial charge in [-0.15, -0.1) is 0 Å². The number of aliphatic hydroxyl groups excluding tert-OH is 1. The molecule has 5 nitrogen and oxygen atoms in total. The maximum Gasteiger partial charge on any atom is 0.157 e. The number of rotatable bonds is 5. The smallest absolute Gasteiger partial charge is 0.157 e. The molecule has 0 aliphatic rings. The summed E-state index contributed by atoms with van der Waals surface area (Å²) in [5.74, 6) is 0.654. The molecule has 78 valence electrons. The van der Waals surface area contributed by atoms with Crippen molar-refractivity contribution in [3.63, 3.8) is 0 Å². The van der Waals surface area contributed by atoms with Crippen LogP contribution in [-0.4, -0.2) is 35.3 Å². The fourth-order valence-corrected chi connectivity index (χ4v) is 1.23. The molecule has 1 rings (SSSR count). The second kappa shape index (κ2) is 5.62. The van der Waals surface area contributed by atoms with Crippen LogP contribution in [0.15, 0.2) is 6.33 Å². The number of nitrogens with one attached hydrogen (secondary N) is 2. The molecule has 0 saturated heterocycles. The zero-order valence-electron chi connectivity index (χ0n) is 7.92. The summed E-state index contributed by atoms with van der Waals surface area (Å²) in [6.45, 7) is 0.805. The van der Waals surface area contributed by atoms with Gasteiger partial charge in [0.2, 0.25) is 0 Å². The predicted molar refractivity (Wildman–Crippen MR) is 56.8 cm³/mol. The van der Waals surface area contributed by atoms with E-state index in [0.29, 0.717) is 29.6 Å². The van der Waals surface area contributed by atoms with E-state index in [9.17, 15) is 0 Å². The Morgan fingerprint density at radius 3 is 2.93 bits per heavy atom. The molecule has 0 radical (unpaired) electrons. The van der Waals surface area contributed by atoms with Gasteiger partial charge in [0.1, 0.15) is 12.0 Å². The summed E-state index contributed by atoms with van der Waals surface area (Å²) in [6.07, 6.45) is 2.06. The van der Waals surface area contributed by atoms with Crippen LogP contribution in [0.3, 0.4) is 0 Å². The van der Waals surface area contributed by atoms with E-state index in [2.05, 4.69) is 20.6 Å². The van der Waals surface area contributed by atoms with Gasteiger partial charge in [-0.05, 0) is 6.42 Å².